The highest BCUT2D eigenvalue weighted by molar-refractivity contribution is 6.00. The predicted octanol–water partition coefficient (Wildman–Crippen LogP) is 3.08. The fourth-order valence-electron chi connectivity index (χ4n) is 3.95. The lowest BCUT2D eigenvalue weighted by atomic mass is 10.1. The number of carbonyl (C=O) groups is 3. The molecule has 1 aliphatic rings. The Kier molecular flexibility index (Phi) is 9.04. The molecule has 0 spiro atoms. The molecule has 34 heavy (non-hydrogen) atoms. The first-order valence-corrected chi connectivity index (χ1v) is 11.6. The molecule has 0 aromatic heterocycles. The van der Waals surface area contributed by atoms with Crippen LogP contribution in [0.25, 0.3) is 0 Å². The summed E-state index contributed by atoms with van der Waals surface area (Å²) in [6, 6.07) is 12.9. The van der Waals surface area contributed by atoms with E-state index in [2.05, 4.69) is 10.6 Å². The first kappa shape index (κ1) is 25.2. The summed E-state index contributed by atoms with van der Waals surface area (Å²) in [6.07, 6.45) is 1.75. The second kappa shape index (κ2) is 12.2. The third kappa shape index (κ3) is 6.57. The number of methoxy groups -OCH3 is 1. The Bertz CT molecular complexity index is 1010. The van der Waals surface area contributed by atoms with E-state index in [4.69, 9.17) is 9.47 Å². The van der Waals surface area contributed by atoms with Crippen molar-refractivity contribution in [3.8, 4) is 5.75 Å². The average molecular weight is 468 g/mol. The standard InChI is InChI=1S/C26H33N3O5/c1-4-19-8-5-7-18(2)25(19)28-23(30)17-34-22-11-9-21(10-12-22)29-16-20(15-24(29)31)26(32)27-13-6-14-33-3/h5,7-12,20H,4,6,13-17H2,1-3H3,(H,27,32)(H,28,30)/t20-/m0/s1. The van der Waals surface area contributed by atoms with Gasteiger partial charge in [-0.15, -0.1) is 0 Å². The van der Waals surface area contributed by atoms with Crippen LogP contribution in [0.1, 0.15) is 30.9 Å². The monoisotopic (exact) mass is 467 g/mol. The third-order valence-corrected chi connectivity index (χ3v) is 5.84. The molecule has 0 bridgehead atoms. The predicted molar refractivity (Wildman–Crippen MR) is 131 cm³/mol. The molecular formula is C26H33N3O5. The van der Waals surface area contributed by atoms with E-state index in [1.165, 1.54) is 0 Å². The van der Waals surface area contributed by atoms with Gasteiger partial charge in [-0.1, -0.05) is 25.1 Å². The van der Waals surface area contributed by atoms with E-state index >= 15 is 0 Å². The Morgan fingerprint density at radius 3 is 2.62 bits per heavy atom. The zero-order valence-electron chi connectivity index (χ0n) is 20.1. The van der Waals surface area contributed by atoms with Gasteiger partial charge in [-0.25, -0.2) is 0 Å². The Labute approximate surface area is 200 Å². The Morgan fingerprint density at radius 1 is 1.15 bits per heavy atom. The van der Waals surface area contributed by atoms with Crippen molar-refractivity contribution >= 4 is 29.1 Å². The molecule has 2 N–H and O–H groups in total. The molecule has 3 amide bonds. The zero-order valence-corrected chi connectivity index (χ0v) is 20.1. The number of benzene rings is 2. The molecule has 2 aromatic rings. The van der Waals surface area contributed by atoms with Crippen LogP contribution in [0.4, 0.5) is 11.4 Å². The quantitative estimate of drug-likeness (QED) is 0.495. The lowest BCUT2D eigenvalue weighted by Crippen LogP contribution is -2.33. The second-order valence-corrected chi connectivity index (χ2v) is 8.34. The molecule has 1 heterocycles. The molecule has 0 saturated carbocycles. The van der Waals surface area contributed by atoms with Crippen molar-refractivity contribution < 1.29 is 23.9 Å². The minimum atomic E-state index is -0.371. The average Bonchev–Trinajstić information content (AvgIpc) is 3.23. The van der Waals surface area contributed by atoms with E-state index < -0.39 is 0 Å². The van der Waals surface area contributed by atoms with Crippen molar-refractivity contribution in [3.63, 3.8) is 0 Å². The summed E-state index contributed by atoms with van der Waals surface area (Å²) in [6.45, 7) is 5.34. The van der Waals surface area contributed by atoms with Gasteiger partial charge in [-0.2, -0.15) is 0 Å². The number of aryl methyl sites for hydroxylation is 2. The normalized spacial score (nSPS) is 15.3. The summed E-state index contributed by atoms with van der Waals surface area (Å²) >= 11 is 0. The number of carbonyl (C=O) groups excluding carboxylic acids is 3. The van der Waals surface area contributed by atoms with Gasteiger partial charge in [0, 0.05) is 44.6 Å². The molecule has 3 rings (SSSR count). The van der Waals surface area contributed by atoms with Crippen molar-refractivity contribution in [2.45, 2.75) is 33.1 Å². The van der Waals surface area contributed by atoms with Gasteiger partial charge in [0.2, 0.25) is 11.8 Å². The smallest absolute Gasteiger partial charge is 0.262 e. The summed E-state index contributed by atoms with van der Waals surface area (Å²) in [5.74, 6) is -0.280. The Balaban J connectivity index is 1.51. The molecule has 1 atom stereocenters. The van der Waals surface area contributed by atoms with Crippen LogP contribution in [0, 0.1) is 12.8 Å². The van der Waals surface area contributed by atoms with Crippen LogP contribution >= 0.6 is 0 Å². The van der Waals surface area contributed by atoms with Gasteiger partial charge in [0.05, 0.1) is 5.92 Å². The van der Waals surface area contributed by atoms with Crippen LogP contribution in [0.15, 0.2) is 42.5 Å². The molecule has 0 unspecified atom stereocenters. The lowest BCUT2D eigenvalue weighted by Gasteiger charge is -2.17. The van der Waals surface area contributed by atoms with Crippen molar-refractivity contribution in [1.82, 2.24) is 5.32 Å². The van der Waals surface area contributed by atoms with E-state index in [1.54, 1.807) is 36.3 Å². The largest absolute Gasteiger partial charge is 0.484 e. The minimum Gasteiger partial charge on any atom is -0.484 e. The molecule has 1 saturated heterocycles. The topological polar surface area (TPSA) is 97.0 Å². The summed E-state index contributed by atoms with van der Waals surface area (Å²) in [4.78, 5) is 38.8. The highest BCUT2D eigenvalue weighted by Gasteiger charge is 2.34. The number of hydrogen-bond donors (Lipinski definition) is 2. The van der Waals surface area contributed by atoms with Crippen LogP contribution in [0.3, 0.4) is 0 Å². The van der Waals surface area contributed by atoms with Gasteiger partial charge in [0.25, 0.3) is 5.91 Å². The number of nitrogens with one attached hydrogen (secondary N) is 2. The Hall–Kier alpha value is -3.39. The molecular weight excluding hydrogens is 434 g/mol. The molecule has 8 nitrogen and oxygen atoms in total. The molecule has 182 valence electrons. The van der Waals surface area contributed by atoms with E-state index in [9.17, 15) is 14.4 Å². The maximum absolute atomic E-state index is 12.5. The Morgan fingerprint density at radius 2 is 1.91 bits per heavy atom. The SMILES string of the molecule is CCc1cccc(C)c1NC(=O)COc1ccc(N2C[C@@H](C(=O)NCCCOC)CC2=O)cc1. The fraction of sp³-hybridized carbons (Fsp3) is 0.423. The van der Waals surface area contributed by atoms with E-state index in [1.807, 2.05) is 32.0 Å². The second-order valence-electron chi connectivity index (χ2n) is 8.34. The van der Waals surface area contributed by atoms with Crippen molar-refractivity contribution in [3.05, 3.63) is 53.6 Å². The molecule has 8 heteroatoms. The maximum atomic E-state index is 12.5. The number of nitrogens with zero attached hydrogens (tertiary/aromatic N) is 1. The van der Waals surface area contributed by atoms with Crippen LogP contribution in [-0.4, -0.2) is 51.1 Å². The van der Waals surface area contributed by atoms with Crippen LogP contribution in [0.5, 0.6) is 5.75 Å². The van der Waals surface area contributed by atoms with Gasteiger partial charge >= 0.3 is 0 Å². The summed E-state index contributed by atoms with van der Waals surface area (Å²) in [5, 5.41) is 5.80. The highest BCUT2D eigenvalue weighted by Crippen LogP contribution is 2.27. The highest BCUT2D eigenvalue weighted by atomic mass is 16.5. The molecule has 1 fully saturated rings. The molecule has 1 aliphatic heterocycles. The van der Waals surface area contributed by atoms with E-state index in [0.717, 1.165) is 29.7 Å². The number of para-hydroxylation sites is 1. The number of ether oxygens (including phenoxy) is 2. The number of anilines is 2. The first-order valence-electron chi connectivity index (χ1n) is 11.6. The van der Waals surface area contributed by atoms with Gasteiger partial charge in [-0.3, -0.25) is 14.4 Å². The van der Waals surface area contributed by atoms with Gasteiger partial charge in [0.1, 0.15) is 5.75 Å². The summed E-state index contributed by atoms with van der Waals surface area (Å²) in [5.41, 5.74) is 3.62. The van der Waals surface area contributed by atoms with Crippen molar-refractivity contribution in [1.29, 1.82) is 0 Å². The molecule has 0 aliphatic carbocycles. The van der Waals surface area contributed by atoms with Crippen LogP contribution < -0.4 is 20.3 Å². The number of hydrogen-bond acceptors (Lipinski definition) is 5. The fourth-order valence-corrected chi connectivity index (χ4v) is 3.95. The summed E-state index contributed by atoms with van der Waals surface area (Å²) in [7, 11) is 1.62. The first-order chi connectivity index (χ1) is 16.4. The zero-order chi connectivity index (χ0) is 24.5. The maximum Gasteiger partial charge on any atom is 0.262 e. The van der Waals surface area contributed by atoms with Crippen molar-refractivity contribution in [2.75, 3.05) is 43.6 Å². The minimum absolute atomic E-state index is 0.0879. The lowest BCUT2D eigenvalue weighted by molar-refractivity contribution is -0.126. The number of amides is 3. The van der Waals surface area contributed by atoms with Crippen LogP contribution in [-0.2, 0) is 25.5 Å². The number of rotatable bonds is 11. The molecule has 2 aromatic carbocycles. The van der Waals surface area contributed by atoms with Gasteiger partial charge < -0.3 is 25.0 Å². The molecule has 0 radical (unpaired) electrons. The van der Waals surface area contributed by atoms with Crippen molar-refractivity contribution in [2.24, 2.45) is 5.92 Å². The van der Waals surface area contributed by atoms with Gasteiger partial charge in [-0.05, 0) is 55.2 Å². The third-order valence-electron chi connectivity index (χ3n) is 5.84. The van der Waals surface area contributed by atoms with E-state index in [-0.39, 0.29) is 36.7 Å². The van der Waals surface area contributed by atoms with E-state index in [0.29, 0.717) is 31.1 Å². The van der Waals surface area contributed by atoms with Crippen LogP contribution in [0.2, 0.25) is 0 Å². The van der Waals surface area contributed by atoms with Gasteiger partial charge in [0.15, 0.2) is 6.61 Å². The summed E-state index contributed by atoms with van der Waals surface area (Å²) < 4.78 is 10.6.